The van der Waals surface area contributed by atoms with E-state index in [-0.39, 0.29) is 28.7 Å². The molecule has 30 heavy (non-hydrogen) atoms. The maximum atomic E-state index is 12.0. The van der Waals surface area contributed by atoms with Gasteiger partial charge in [-0.05, 0) is 36.6 Å². The van der Waals surface area contributed by atoms with Gasteiger partial charge in [-0.1, -0.05) is 13.8 Å². The van der Waals surface area contributed by atoms with Crippen LogP contribution in [0.1, 0.15) is 36.2 Å². The van der Waals surface area contributed by atoms with Crippen molar-refractivity contribution in [1.29, 1.82) is 5.26 Å². The summed E-state index contributed by atoms with van der Waals surface area (Å²) >= 11 is 0. The average Bonchev–Trinajstić information content (AvgIpc) is 3.14. The van der Waals surface area contributed by atoms with E-state index in [0.717, 1.165) is 10.9 Å². The quantitative estimate of drug-likeness (QED) is 0.380. The van der Waals surface area contributed by atoms with Crippen molar-refractivity contribution in [1.82, 2.24) is 15.2 Å². The molecule has 3 aromatic rings. The topological polar surface area (TPSA) is 176 Å². The van der Waals surface area contributed by atoms with E-state index in [1.807, 2.05) is 32.0 Å². The largest absolute Gasteiger partial charge is 0.368 e. The first-order valence-corrected chi connectivity index (χ1v) is 9.29. The number of nitrogens with two attached hydrogens (primary N) is 2. The van der Waals surface area contributed by atoms with Crippen molar-refractivity contribution in [2.24, 2.45) is 17.4 Å². The first-order valence-electron chi connectivity index (χ1n) is 9.29. The highest BCUT2D eigenvalue weighted by atomic mass is 16.1. The van der Waals surface area contributed by atoms with Crippen LogP contribution in [0, 0.1) is 17.2 Å². The second-order valence-corrected chi connectivity index (χ2v) is 7.28. The van der Waals surface area contributed by atoms with Gasteiger partial charge in [-0.2, -0.15) is 10.4 Å². The smallest absolute Gasteiger partial charge is 0.252 e. The molecule has 0 saturated heterocycles. The van der Waals surface area contributed by atoms with Gasteiger partial charge < -0.3 is 22.1 Å². The molecule has 2 heterocycles. The number of aromatic amines is 1. The number of hydrogen-bond donors (Lipinski definition) is 5. The van der Waals surface area contributed by atoms with Crippen molar-refractivity contribution in [2.75, 3.05) is 10.6 Å². The molecule has 1 atom stereocenters. The van der Waals surface area contributed by atoms with Crippen LogP contribution in [0.4, 0.5) is 17.3 Å². The third-order valence-corrected chi connectivity index (χ3v) is 4.47. The molecule has 0 bridgehead atoms. The number of H-pyrrole nitrogens is 1. The number of carbonyl (C=O) groups excluding carboxylic acids is 2. The molecule has 0 aliphatic rings. The summed E-state index contributed by atoms with van der Waals surface area (Å²) in [5.74, 6) is -0.831. The molecule has 10 heteroatoms. The Kier molecular flexibility index (Phi) is 5.83. The lowest BCUT2D eigenvalue weighted by Gasteiger charge is -2.20. The second-order valence-electron chi connectivity index (χ2n) is 7.28. The number of anilines is 3. The summed E-state index contributed by atoms with van der Waals surface area (Å²) in [6.45, 7) is 3.90. The highest BCUT2D eigenvalue weighted by Crippen LogP contribution is 2.26. The monoisotopic (exact) mass is 406 g/mol. The maximum Gasteiger partial charge on any atom is 0.252 e. The second kappa shape index (κ2) is 8.48. The van der Waals surface area contributed by atoms with Crippen molar-refractivity contribution in [2.45, 2.75) is 26.3 Å². The van der Waals surface area contributed by atoms with E-state index in [9.17, 15) is 14.9 Å². The lowest BCUT2D eigenvalue weighted by molar-refractivity contribution is -0.119. The summed E-state index contributed by atoms with van der Waals surface area (Å²) in [6.07, 6.45) is 2.12. The van der Waals surface area contributed by atoms with Crippen LogP contribution >= 0.6 is 0 Å². The van der Waals surface area contributed by atoms with Crippen LogP contribution < -0.4 is 22.1 Å². The molecule has 154 valence electrons. The lowest BCUT2D eigenvalue weighted by Crippen LogP contribution is -2.37. The number of aromatic nitrogens is 3. The molecule has 0 fully saturated rings. The fourth-order valence-corrected chi connectivity index (χ4v) is 3.03. The van der Waals surface area contributed by atoms with E-state index >= 15 is 0 Å². The number of amides is 2. The van der Waals surface area contributed by atoms with Crippen LogP contribution in [0.2, 0.25) is 0 Å². The summed E-state index contributed by atoms with van der Waals surface area (Å²) < 4.78 is 0. The van der Waals surface area contributed by atoms with Gasteiger partial charge in [0, 0.05) is 11.1 Å². The molecule has 7 N–H and O–H groups in total. The van der Waals surface area contributed by atoms with E-state index in [2.05, 4.69) is 25.8 Å². The summed E-state index contributed by atoms with van der Waals surface area (Å²) in [5, 5.41) is 23.2. The minimum Gasteiger partial charge on any atom is -0.368 e. The number of carbonyl (C=O) groups is 2. The van der Waals surface area contributed by atoms with E-state index in [4.69, 9.17) is 11.5 Å². The number of rotatable bonds is 8. The fraction of sp³-hybridized carbons (Fsp3) is 0.250. The lowest BCUT2D eigenvalue weighted by atomic mass is 10.0. The van der Waals surface area contributed by atoms with E-state index in [0.29, 0.717) is 12.1 Å². The molecule has 0 radical (unpaired) electrons. The molecular weight excluding hydrogens is 384 g/mol. The van der Waals surface area contributed by atoms with Crippen LogP contribution in [0.25, 0.3) is 10.9 Å². The maximum absolute atomic E-state index is 12.0. The molecule has 10 nitrogen and oxygen atoms in total. The van der Waals surface area contributed by atoms with Gasteiger partial charge in [0.15, 0.2) is 0 Å². The predicted molar refractivity (Wildman–Crippen MR) is 113 cm³/mol. The molecule has 0 saturated carbocycles. The van der Waals surface area contributed by atoms with Gasteiger partial charge in [0.2, 0.25) is 5.91 Å². The van der Waals surface area contributed by atoms with E-state index in [1.54, 1.807) is 12.3 Å². The standard InChI is InChI=1S/C20H22N8O2/c1-10(2)5-16(18(23)30)26-19-11(8-21)7-14(17(22)29)20(27-19)25-13-3-4-15-12(6-13)9-24-28-15/h3-4,6-7,9-10,16H,5H2,1-2H3,(H2,22,29)(H2,23,30)(H,24,28)(H2,25,26,27). The van der Waals surface area contributed by atoms with Gasteiger partial charge in [-0.15, -0.1) is 0 Å². The Balaban J connectivity index is 2.02. The van der Waals surface area contributed by atoms with Gasteiger partial charge in [-0.25, -0.2) is 4.98 Å². The Morgan fingerprint density at radius 2 is 2.00 bits per heavy atom. The highest BCUT2D eigenvalue weighted by Gasteiger charge is 2.22. The first kappa shape index (κ1) is 20.6. The molecule has 1 unspecified atom stereocenters. The number of pyridine rings is 1. The van der Waals surface area contributed by atoms with Gasteiger partial charge >= 0.3 is 0 Å². The normalized spacial score (nSPS) is 11.8. The Bertz CT molecular complexity index is 1150. The summed E-state index contributed by atoms with van der Waals surface area (Å²) in [6, 6.07) is 8.01. The number of hydrogen-bond acceptors (Lipinski definition) is 7. The molecule has 2 amide bonds. The number of nitrogens with zero attached hydrogens (tertiary/aromatic N) is 3. The Morgan fingerprint density at radius 1 is 1.23 bits per heavy atom. The van der Waals surface area contributed by atoms with Gasteiger partial charge in [0.05, 0.1) is 22.8 Å². The first-order chi connectivity index (χ1) is 14.3. The van der Waals surface area contributed by atoms with Crippen LogP contribution in [-0.2, 0) is 4.79 Å². The molecular formula is C20H22N8O2. The van der Waals surface area contributed by atoms with E-state index < -0.39 is 17.9 Å². The molecule has 3 rings (SSSR count). The summed E-state index contributed by atoms with van der Waals surface area (Å²) in [4.78, 5) is 28.2. The third-order valence-electron chi connectivity index (χ3n) is 4.47. The SMILES string of the molecule is CC(C)CC(Nc1nc(Nc2ccc3[nH]ncc3c2)c(C(N)=O)cc1C#N)C(N)=O. The molecule has 1 aromatic carbocycles. The van der Waals surface area contributed by atoms with Crippen LogP contribution in [0.15, 0.2) is 30.5 Å². The van der Waals surface area contributed by atoms with Crippen molar-refractivity contribution < 1.29 is 9.59 Å². The van der Waals surface area contributed by atoms with Gasteiger partial charge in [0.1, 0.15) is 23.7 Å². The zero-order chi connectivity index (χ0) is 21.8. The molecule has 0 aliphatic heterocycles. The molecule has 0 spiro atoms. The predicted octanol–water partition coefficient (Wildman–Crippen LogP) is 1.98. The van der Waals surface area contributed by atoms with Crippen LogP contribution in [-0.4, -0.2) is 33.0 Å². The Labute approximate surface area is 172 Å². The van der Waals surface area contributed by atoms with Crippen molar-refractivity contribution >= 4 is 40.0 Å². The average molecular weight is 406 g/mol. The van der Waals surface area contributed by atoms with Gasteiger partial charge in [-0.3, -0.25) is 14.7 Å². The fourth-order valence-electron chi connectivity index (χ4n) is 3.03. The zero-order valence-corrected chi connectivity index (χ0v) is 16.6. The number of fused-ring (bicyclic) bond motifs is 1. The van der Waals surface area contributed by atoms with Crippen molar-refractivity contribution in [3.8, 4) is 6.07 Å². The van der Waals surface area contributed by atoms with Crippen molar-refractivity contribution in [3.05, 3.63) is 41.6 Å². The Hall–Kier alpha value is -4.13. The molecule has 2 aromatic heterocycles. The third kappa shape index (κ3) is 4.47. The minimum absolute atomic E-state index is 0.0453. The van der Waals surface area contributed by atoms with E-state index in [1.165, 1.54) is 6.07 Å². The van der Waals surface area contributed by atoms with Gasteiger partial charge in [0.25, 0.3) is 5.91 Å². The van der Waals surface area contributed by atoms with Crippen molar-refractivity contribution in [3.63, 3.8) is 0 Å². The summed E-state index contributed by atoms with van der Waals surface area (Å²) in [5.41, 5.74) is 12.6. The number of nitrogens with one attached hydrogen (secondary N) is 3. The number of nitriles is 1. The number of benzene rings is 1. The zero-order valence-electron chi connectivity index (χ0n) is 16.6. The minimum atomic E-state index is -0.744. The molecule has 0 aliphatic carbocycles. The summed E-state index contributed by atoms with van der Waals surface area (Å²) in [7, 11) is 0. The highest BCUT2D eigenvalue weighted by molar-refractivity contribution is 5.99. The number of primary amides is 2. The van der Waals surface area contributed by atoms with Crippen LogP contribution in [0.3, 0.4) is 0 Å². The van der Waals surface area contributed by atoms with Crippen LogP contribution in [0.5, 0.6) is 0 Å². The Morgan fingerprint density at radius 3 is 2.63 bits per heavy atom.